The van der Waals surface area contributed by atoms with Crippen molar-refractivity contribution in [3.05, 3.63) is 53.6 Å². The van der Waals surface area contributed by atoms with E-state index in [9.17, 15) is 13.6 Å². The molecule has 0 saturated carbocycles. The van der Waals surface area contributed by atoms with Crippen molar-refractivity contribution in [2.24, 2.45) is 10.7 Å². The molecule has 1 aliphatic heterocycles. The van der Waals surface area contributed by atoms with Gasteiger partial charge in [-0.05, 0) is 58.7 Å². The maximum Gasteiger partial charge on any atom is 0.387 e. The topological polar surface area (TPSA) is 67.9 Å². The molecule has 4 rings (SSSR count). The highest BCUT2D eigenvalue weighted by atomic mass is 19.3. The van der Waals surface area contributed by atoms with E-state index in [0.29, 0.717) is 6.42 Å². The maximum atomic E-state index is 13.1. The minimum absolute atomic E-state index is 0.0872. The number of rotatable bonds is 3. The van der Waals surface area contributed by atoms with Crippen molar-refractivity contribution >= 4 is 11.9 Å². The number of likely N-dealkylation sites (N-methyl/N-ethyl adjacent to an activating group) is 1. The quantitative estimate of drug-likeness (QED) is 0.848. The summed E-state index contributed by atoms with van der Waals surface area (Å²) >= 11 is 0. The molecule has 0 saturated heterocycles. The summed E-state index contributed by atoms with van der Waals surface area (Å²) in [5.41, 5.74) is 8.23. The average Bonchev–Trinajstić information content (AvgIpc) is 2.89. The first kappa shape index (κ1) is 19.4. The third kappa shape index (κ3) is 3.05. The Morgan fingerprint density at radius 3 is 2.48 bits per heavy atom. The average molecular weight is 399 g/mol. The monoisotopic (exact) mass is 399 g/mol. The van der Waals surface area contributed by atoms with E-state index in [1.165, 1.54) is 11.0 Å². The Balaban J connectivity index is 1.87. The van der Waals surface area contributed by atoms with Crippen LogP contribution in [0.1, 0.15) is 37.8 Å². The SMILES string of the molecule is CN1C(=O)C2(CCC(C)(C)c3ccc(-c4cccc(OC(F)F)c4)cc32)N=C1N. The lowest BCUT2D eigenvalue weighted by Crippen LogP contribution is -2.44. The van der Waals surface area contributed by atoms with Crippen molar-refractivity contribution in [2.45, 2.75) is 44.3 Å². The van der Waals surface area contributed by atoms with Crippen LogP contribution >= 0.6 is 0 Å². The smallest absolute Gasteiger partial charge is 0.387 e. The molecule has 0 bridgehead atoms. The second kappa shape index (κ2) is 6.54. The summed E-state index contributed by atoms with van der Waals surface area (Å²) in [5.74, 6) is 0.154. The van der Waals surface area contributed by atoms with Crippen molar-refractivity contribution in [1.29, 1.82) is 0 Å². The van der Waals surface area contributed by atoms with Gasteiger partial charge in [-0.3, -0.25) is 9.69 Å². The van der Waals surface area contributed by atoms with Crippen molar-refractivity contribution in [3.63, 3.8) is 0 Å². The molecular weight excluding hydrogens is 376 g/mol. The van der Waals surface area contributed by atoms with Gasteiger partial charge in [0.25, 0.3) is 5.91 Å². The van der Waals surface area contributed by atoms with E-state index in [4.69, 9.17) is 5.73 Å². The standard InChI is InChI=1S/C22H23F2N3O2/c1-21(2)9-10-22(18(28)27(3)20(25)26-22)17-12-14(7-8-16(17)21)13-5-4-6-15(11-13)29-19(23)24/h4-8,11-12,19H,9-10H2,1-3H3,(H2,25,26). The zero-order valence-corrected chi connectivity index (χ0v) is 16.6. The molecular formula is C22H23F2N3O2. The fourth-order valence-corrected chi connectivity index (χ4v) is 4.31. The summed E-state index contributed by atoms with van der Waals surface area (Å²) in [6.45, 7) is 1.40. The number of carbonyl (C=O) groups excluding carboxylic acids is 1. The minimum atomic E-state index is -2.89. The largest absolute Gasteiger partial charge is 0.435 e. The highest BCUT2D eigenvalue weighted by Crippen LogP contribution is 2.50. The van der Waals surface area contributed by atoms with Gasteiger partial charge in [0.1, 0.15) is 5.75 Å². The maximum absolute atomic E-state index is 13.1. The zero-order valence-electron chi connectivity index (χ0n) is 16.6. The predicted octanol–water partition coefficient (Wildman–Crippen LogP) is 4.01. The predicted molar refractivity (Wildman–Crippen MR) is 107 cm³/mol. The van der Waals surface area contributed by atoms with Crippen LogP contribution in [0.5, 0.6) is 5.75 Å². The highest BCUT2D eigenvalue weighted by Gasteiger charge is 2.53. The Kier molecular flexibility index (Phi) is 4.37. The third-order valence-electron chi connectivity index (χ3n) is 6.01. The van der Waals surface area contributed by atoms with Gasteiger partial charge in [0.15, 0.2) is 11.5 Å². The number of ether oxygens (including phenoxy) is 1. The van der Waals surface area contributed by atoms with Gasteiger partial charge in [-0.2, -0.15) is 8.78 Å². The minimum Gasteiger partial charge on any atom is -0.435 e. The van der Waals surface area contributed by atoms with Gasteiger partial charge in [0, 0.05) is 7.05 Å². The molecule has 2 aromatic carbocycles. The number of guanidine groups is 1. The first-order chi connectivity index (χ1) is 13.6. The summed E-state index contributed by atoms with van der Waals surface area (Å²) < 4.78 is 29.7. The number of hydrogen-bond acceptors (Lipinski definition) is 4. The number of hydrogen-bond donors (Lipinski definition) is 1. The van der Waals surface area contributed by atoms with Crippen LogP contribution in [0.4, 0.5) is 8.78 Å². The van der Waals surface area contributed by atoms with Gasteiger partial charge in [0.05, 0.1) is 0 Å². The summed E-state index contributed by atoms with van der Waals surface area (Å²) in [5, 5.41) is 0. The van der Waals surface area contributed by atoms with Gasteiger partial charge in [-0.1, -0.05) is 38.1 Å². The Labute approximate surface area is 168 Å². The third-order valence-corrected chi connectivity index (χ3v) is 6.01. The normalized spacial score (nSPS) is 22.8. The van der Waals surface area contributed by atoms with Crippen LogP contribution in [0, 0.1) is 0 Å². The molecule has 2 aliphatic rings. The first-order valence-corrected chi connectivity index (χ1v) is 9.48. The van der Waals surface area contributed by atoms with Crippen LogP contribution in [-0.4, -0.2) is 30.4 Å². The van der Waals surface area contributed by atoms with Crippen LogP contribution in [0.15, 0.2) is 47.5 Å². The Morgan fingerprint density at radius 2 is 1.83 bits per heavy atom. The van der Waals surface area contributed by atoms with E-state index in [0.717, 1.165) is 28.7 Å². The molecule has 1 atom stereocenters. The molecule has 1 unspecified atom stereocenters. The number of fused-ring (bicyclic) bond motifs is 2. The number of halogens is 2. The van der Waals surface area contributed by atoms with Crippen molar-refractivity contribution in [3.8, 4) is 16.9 Å². The van der Waals surface area contributed by atoms with Crippen LogP contribution in [0.3, 0.4) is 0 Å². The second-order valence-electron chi connectivity index (χ2n) is 8.25. The summed E-state index contributed by atoms with van der Waals surface area (Å²) in [6, 6.07) is 12.4. The molecule has 1 spiro atoms. The first-order valence-electron chi connectivity index (χ1n) is 9.48. The van der Waals surface area contributed by atoms with Gasteiger partial charge in [0.2, 0.25) is 0 Å². The Morgan fingerprint density at radius 1 is 1.10 bits per heavy atom. The van der Waals surface area contributed by atoms with E-state index in [1.54, 1.807) is 19.2 Å². The molecule has 1 aliphatic carbocycles. The van der Waals surface area contributed by atoms with Crippen molar-refractivity contribution in [2.75, 3.05) is 7.05 Å². The number of benzene rings is 2. The van der Waals surface area contributed by atoms with Crippen molar-refractivity contribution < 1.29 is 18.3 Å². The van der Waals surface area contributed by atoms with Gasteiger partial charge in [-0.15, -0.1) is 0 Å². The molecule has 5 nitrogen and oxygen atoms in total. The van der Waals surface area contributed by atoms with Crippen LogP contribution in [0.2, 0.25) is 0 Å². The number of nitrogens with two attached hydrogens (primary N) is 1. The zero-order chi connectivity index (χ0) is 21.0. The van der Waals surface area contributed by atoms with E-state index in [2.05, 4.69) is 23.6 Å². The molecule has 0 radical (unpaired) electrons. The summed E-state index contributed by atoms with van der Waals surface area (Å²) in [4.78, 5) is 19.1. The summed E-state index contributed by atoms with van der Waals surface area (Å²) in [7, 11) is 1.63. The number of amides is 1. The van der Waals surface area contributed by atoms with Gasteiger partial charge < -0.3 is 10.5 Å². The lowest BCUT2D eigenvalue weighted by atomic mass is 9.65. The van der Waals surface area contributed by atoms with E-state index >= 15 is 0 Å². The highest BCUT2D eigenvalue weighted by molar-refractivity contribution is 6.07. The van der Waals surface area contributed by atoms with E-state index in [-0.39, 0.29) is 23.0 Å². The fraction of sp³-hybridized carbons (Fsp3) is 0.364. The molecule has 0 aromatic heterocycles. The Hall–Kier alpha value is -2.96. The van der Waals surface area contributed by atoms with Gasteiger partial charge in [-0.25, -0.2) is 4.99 Å². The number of carbonyl (C=O) groups is 1. The molecule has 2 N–H and O–H groups in total. The second-order valence-corrected chi connectivity index (χ2v) is 8.25. The van der Waals surface area contributed by atoms with E-state index < -0.39 is 12.2 Å². The van der Waals surface area contributed by atoms with Crippen LogP contribution in [0.25, 0.3) is 11.1 Å². The van der Waals surface area contributed by atoms with Crippen molar-refractivity contribution in [1.82, 2.24) is 4.90 Å². The van der Waals surface area contributed by atoms with E-state index in [1.807, 2.05) is 24.3 Å². The number of aliphatic imine (C=N–C) groups is 1. The summed E-state index contributed by atoms with van der Waals surface area (Å²) in [6.07, 6.45) is 1.36. The molecule has 0 fully saturated rings. The molecule has 7 heteroatoms. The lowest BCUT2D eigenvalue weighted by Gasteiger charge is -2.40. The van der Waals surface area contributed by atoms with Crippen LogP contribution in [-0.2, 0) is 15.7 Å². The Bertz CT molecular complexity index is 1020. The molecule has 152 valence electrons. The molecule has 2 aromatic rings. The van der Waals surface area contributed by atoms with Crippen LogP contribution < -0.4 is 10.5 Å². The molecule has 29 heavy (non-hydrogen) atoms. The molecule has 1 heterocycles. The fourth-order valence-electron chi connectivity index (χ4n) is 4.31. The number of alkyl halides is 2. The lowest BCUT2D eigenvalue weighted by molar-refractivity contribution is -0.131. The van der Waals surface area contributed by atoms with Gasteiger partial charge >= 0.3 is 6.61 Å². The molecule has 1 amide bonds. The number of nitrogens with zero attached hydrogens (tertiary/aromatic N) is 2.